The van der Waals surface area contributed by atoms with Crippen molar-refractivity contribution in [3.05, 3.63) is 12.2 Å². The van der Waals surface area contributed by atoms with Crippen LogP contribution >= 0.6 is 0 Å². The molecule has 28 heavy (non-hydrogen) atoms. The van der Waals surface area contributed by atoms with E-state index in [1.54, 1.807) is 6.92 Å². The number of nitrogens with two attached hydrogens (primary N) is 1. The summed E-state index contributed by atoms with van der Waals surface area (Å²) in [4.78, 5) is 12.2. The molecule has 0 aliphatic heterocycles. The molecule has 0 bridgehead atoms. The molecule has 1 unspecified atom stereocenters. The van der Waals surface area contributed by atoms with Crippen molar-refractivity contribution < 1.29 is 14.6 Å². The molecule has 8 atom stereocenters. The average molecular weight is 390 g/mol. The van der Waals surface area contributed by atoms with Gasteiger partial charge in [-0.25, -0.2) is 0 Å². The minimum Gasteiger partial charge on any atom is -0.462 e. The van der Waals surface area contributed by atoms with Gasteiger partial charge in [-0.05, 0) is 68.1 Å². The summed E-state index contributed by atoms with van der Waals surface area (Å²) >= 11 is 0. The Balaban J connectivity index is 1.56. The molecule has 0 spiro atoms. The van der Waals surface area contributed by atoms with E-state index in [0.717, 1.165) is 18.8 Å². The fourth-order valence-electron chi connectivity index (χ4n) is 7.59. The maximum Gasteiger partial charge on any atom is 0.310 e. The van der Waals surface area contributed by atoms with Crippen LogP contribution in [0, 0.1) is 34.5 Å². The van der Waals surface area contributed by atoms with Gasteiger partial charge in [0.15, 0.2) is 0 Å². The van der Waals surface area contributed by atoms with Crippen molar-refractivity contribution in [3.63, 3.8) is 0 Å². The van der Waals surface area contributed by atoms with Crippen molar-refractivity contribution in [1.29, 1.82) is 0 Å². The molecule has 0 radical (unpaired) electrons. The van der Waals surface area contributed by atoms with Crippen LogP contribution in [0.4, 0.5) is 0 Å². The van der Waals surface area contributed by atoms with Crippen molar-refractivity contribution in [2.24, 2.45) is 40.2 Å². The van der Waals surface area contributed by atoms with Crippen LogP contribution in [-0.2, 0) is 9.53 Å². The Labute approximate surface area is 170 Å². The molecule has 0 aromatic rings. The van der Waals surface area contributed by atoms with E-state index in [9.17, 15) is 9.90 Å². The number of esters is 1. The van der Waals surface area contributed by atoms with Gasteiger partial charge in [-0.2, -0.15) is 0 Å². The van der Waals surface area contributed by atoms with E-state index in [0.29, 0.717) is 36.6 Å². The summed E-state index contributed by atoms with van der Waals surface area (Å²) in [6.07, 6.45) is 9.27. The van der Waals surface area contributed by atoms with Crippen LogP contribution in [-0.4, -0.2) is 29.3 Å². The molecule has 0 heterocycles. The van der Waals surface area contributed by atoms with Crippen molar-refractivity contribution >= 4 is 5.97 Å². The Morgan fingerprint density at radius 2 is 2.00 bits per heavy atom. The van der Waals surface area contributed by atoms with Gasteiger partial charge in [0.1, 0.15) is 6.10 Å². The average Bonchev–Trinajstić information content (AvgIpc) is 3.04. The standard InChI is InChI=1S/C24H39NO3/c1-15-12-24(27)13-17(28-21(26)16(2)14-25)7-11-23(24,4)19-8-10-22(3)9-5-6-18(22)20(15)19/h16-20,27H,1,5-14,25H2,2-4H3/t16?,17-,18-,19-,20-,22-,23+,24+/m0/s1. The van der Waals surface area contributed by atoms with Gasteiger partial charge in [0.25, 0.3) is 0 Å². The van der Waals surface area contributed by atoms with Gasteiger partial charge in [0.05, 0.1) is 11.5 Å². The molecule has 0 amide bonds. The third kappa shape index (κ3) is 2.89. The van der Waals surface area contributed by atoms with Gasteiger partial charge < -0.3 is 15.6 Å². The number of rotatable bonds is 3. The summed E-state index contributed by atoms with van der Waals surface area (Å²) in [6, 6.07) is 0. The highest BCUT2D eigenvalue weighted by Gasteiger charge is 2.64. The van der Waals surface area contributed by atoms with Gasteiger partial charge in [-0.15, -0.1) is 0 Å². The largest absolute Gasteiger partial charge is 0.462 e. The molecule has 4 heteroatoms. The lowest BCUT2D eigenvalue weighted by Crippen LogP contribution is -2.63. The van der Waals surface area contributed by atoms with Gasteiger partial charge >= 0.3 is 5.97 Å². The van der Waals surface area contributed by atoms with Crippen molar-refractivity contribution in [2.75, 3.05) is 6.54 Å². The number of carbonyl (C=O) groups excluding carboxylic acids is 1. The fraction of sp³-hybridized carbons (Fsp3) is 0.875. The highest BCUT2D eigenvalue weighted by atomic mass is 16.5. The molecule has 4 aliphatic rings. The lowest BCUT2D eigenvalue weighted by Gasteiger charge is -2.64. The number of aliphatic hydroxyl groups is 1. The molecule has 4 saturated carbocycles. The second kappa shape index (κ2) is 6.84. The van der Waals surface area contributed by atoms with Crippen LogP contribution in [0.5, 0.6) is 0 Å². The maximum atomic E-state index is 12.2. The molecule has 0 aromatic carbocycles. The van der Waals surface area contributed by atoms with Gasteiger partial charge in [0.2, 0.25) is 0 Å². The fourth-order valence-corrected chi connectivity index (χ4v) is 7.59. The summed E-state index contributed by atoms with van der Waals surface area (Å²) in [7, 11) is 0. The lowest BCUT2D eigenvalue weighted by atomic mass is 9.43. The Morgan fingerprint density at radius 3 is 2.71 bits per heavy atom. The quantitative estimate of drug-likeness (QED) is 0.560. The first-order valence-corrected chi connectivity index (χ1v) is 11.4. The number of fused-ring (bicyclic) bond motifs is 5. The van der Waals surface area contributed by atoms with Crippen molar-refractivity contribution in [2.45, 2.75) is 90.3 Å². The number of carbonyl (C=O) groups is 1. The van der Waals surface area contributed by atoms with E-state index in [1.165, 1.54) is 37.7 Å². The zero-order valence-corrected chi connectivity index (χ0v) is 18.0. The molecule has 3 N–H and O–H groups in total. The molecule has 0 aromatic heterocycles. The molecule has 4 fully saturated rings. The van der Waals surface area contributed by atoms with Crippen LogP contribution in [0.2, 0.25) is 0 Å². The van der Waals surface area contributed by atoms with Gasteiger partial charge in [0, 0.05) is 18.4 Å². The first kappa shape index (κ1) is 20.4. The van der Waals surface area contributed by atoms with Crippen molar-refractivity contribution in [3.8, 4) is 0 Å². The van der Waals surface area contributed by atoms with E-state index in [-0.39, 0.29) is 23.4 Å². The second-order valence-corrected chi connectivity index (χ2v) is 11.0. The SMILES string of the molecule is C=C1C[C@@]2(O)C[C@@H](OC(=O)C(C)CN)CC[C@]2(C)[C@H]2CC[C@]3(C)CCC[C@H]3[C@H]12. The molecule has 158 valence electrons. The highest BCUT2D eigenvalue weighted by molar-refractivity contribution is 5.72. The minimum absolute atomic E-state index is 0.106. The van der Waals surface area contributed by atoms with Crippen LogP contribution in [0.1, 0.15) is 78.6 Å². The van der Waals surface area contributed by atoms with E-state index >= 15 is 0 Å². The third-order valence-electron chi connectivity index (χ3n) is 9.51. The molecular weight excluding hydrogens is 350 g/mol. The topological polar surface area (TPSA) is 72.5 Å². The summed E-state index contributed by atoms with van der Waals surface area (Å²) in [5.41, 5.74) is 6.42. The van der Waals surface area contributed by atoms with E-state index in [1.807, 2.05) is 0 Å². The molecule has 4 nitrogen and oxygen atoms in total. The van der Waals surface area contributed by atoms with E-state index in [2.05, 4.69) is 20.4 Å². The van der Waals surface area contributed by atoms with Crippen LogP contribution in [0.15, 0.2) is 12.2 Å². The normalized spacial score (nSPS) is 49.0. The molecule has 0 saturated heterocycles. The Hall–Kier alpha value is -0.870. The molecular formula is C24H39NO3. The summed E-state index contributed by atoms with van der Waals surface area (Å²) < 4.78 is 5.75. The van der Waals surface area contributed by atoms with Crippen LogP contribution < -0.4 is 5.73 Å². The zero-order valence-electron chi connectivity index (χ0n) is 18.0. The Bertz CT molecular complexity index is 662. The minimum atomic E-state index is -0.813. The zero-order chi connectivity index (χ0) is 20.3. The molecule has 4 rings (SSSR count). The first-order valence-electron chi connectivity index (χ1n) is 11.4. The van der Waals surface area contributed by atoms with Gasteiger partial charge in [-0.3, -0.25) is 4.79 Å². The first-order chi connectivity index (χ1) is 13.1. The monoisotopic (exact) mass is 389 g/mol. The number of hydrogen-bond donors (Lipinski definition) is 2. The maximum absolute atomic E-state index is 12.2. The Morgan fingerprint density at radius 1 is 1.25 bits per heavy atom. The summed E-state index contributed by atoms with van der Waals surface area (Å²) in [5, 5.41) is 11.9. The highest BCUT2D eigenvalue weighted by Crippen LogP contribution is 2.68. The third-order valence-corrected chi connectivity index (χ3v) is 9.51. The predicted molar refractivity (Wildman–Crippen MR) is 110 cm³/mol. The lowest BCUT2D eigenvalue weighted by molar-refractivity contribution is -0.209. The van der Waals surface area contributed by atoms with Gasteiger partial charge in [-0.1, -0.05) is 39.3 Å². The van der Waals surface area contributed by atoms with Crippen LogP contribution in [0.25, 0.3) is 0 Å². The summed E-state index contributed by atoms with van der Waals surface area (Å²) in [6.45, 7) is 11.4. The number of ether oxygens (including phenoxy) is 1. The van der Waals surface area contributed by atoms with Crippen molar-refractivity contribution in [1.82, 2.24) is 0 Å². The molecule has 4 aliphatic carbocycles. The Kier molecular flexibility index (Phi) is 4.98. The number of hydrogen-bond acceptors (Lipinski definition) is 4. The van der Waals surface area contributed by atoms with E-state index < -0.39 is 5.60 Å². The van der Waals surface area contributed by atoms with E-state index in [4.69, 9.17) is 10.5 Å². The summed E-state index contributed by atoms with van der Waals surface area (Å²) in [5.74, 6) is 1.29. The van der Waals surface area contributed by atoms with Crippen LogP contribution in [0.3, 0.4) is 0 Å². The second-order valence-electron chi connectivity index (χ2n) is 11.0. The smallest absolute Gasteiger partial charge is 0.310 e. The predicted octanol–water partition coefficient (Wildman–Crippen LogP) is 4.21.